The summed E-state index contributed by atoms with van der Waals surface area (Å²) in [6, 6.07) is 8.40. The van der Waals surface area contributed by atoms with E-state index < -0.39 is 0 Å². The number of benzene rings is 1. The third-order valence-electron chi connectivity index (χ3n) is 4.98. The molecule has 2 unspecified atom stereocenters. The van der Waals surface area contributed by atoms with Crippen molar-refractivity contribution in [1.82, 2.24) is 14.8 Å². The zero-order chi connectivity index (χ0) is 16.0. The van der Waals surface area contributed by atoms with Gasteiger partial charge in [0.05, 0.1) is 5.52 Å². The summed E-state index contributed by atoms with van der Waals surface area (Å²) in [5.41, 5.74) is 1.11. The molecule has 1 amide bonds. The van der Waals surface area contributed by atoms with Gasteiger partial charge in [0.15, 0.2) is 0 Å². The molecule has 0 aliphatic carbocycles. The van der Waals surface area contributed by atoms with Crippen LogP contribution in [0, 0.1) is 11.7 Å². The van der Waals surface area contributed by atoms with E-state index in [1.807, 2.05) is 4.90 Å². The lowest BCUT2D eigenvalue weighted by Crippen LogP contribution is -2.52. The van der Waals surface area contributed by atoms with Crippen molar-refractivity contribution >= 4 is 16.8 Å². The highest BCUT2D eigenvalue weighted by molar-refractivity contribution is 5.95. The molecular weight excluding hydrogens is 293 g/mol. The van der Waals surface area contributed by atoms with Crippen LogP contribution in [0.4, 0.5) is 4.39 Å². The molecule has 2 fully saturated rings. The molecule has 2 aromatic rings. The second-order valence-electron chi connectivity index (χ2n) is 6.77. The summed E-state index contributed by atoms with van der Waals surface area (Å²) in [4.78, 5) is 21.6. The van der Waals surface area contributed by atoms with Crippen molar-refractivity contribution in [3.63, 3.8) is 0 Å². The SMILES string of the molecule is CC1CC2CN(C(=O)c3ccc4cc(F)ccc4n3)CCN2C1. The Bertz CT molecular complexity index is 763. The Hall–Kier alpha value is -2.01. The number of hydrogen-bond donors (Lipinski definition) is 0. The molecule has 1 aromatic heterocycles. The van der Waals surface area contributed by atoms with E-state index in [1.54, 1.807) is 18.2 Å². The molecule has 0 N–H and O–H groups in total. The second kappa shape index (κ2) is 5.57. The smallest absolute Gasteiger partial charge is 0.272 e. The van der Waals surface area contributed by atoms with Crippen molar-refractivity contribution < 1.29 is 9.18 Å². The summed E-state index contributed by atoms with van der Waals surface area (Å²) in [5, 5.41) is 0.719. The maximum absolute atomic E-state index is 13.2. The van der Waals surface area contributed by atoms with E-state index in [4.69, 9.17) is 0 Å². The molecule has 1 aromatic carbocycles. The van der Waals surface area contributed by atoms with E-state index >= 15 is 0 Å². The number of rotatable bonds is 1. The minimum absolute atomic E-state index is 0.0181. The van der Waals surface area contributed by atoms with Crippen LogP contribution >= 0.6 is 0 Å². The largest absolute Gasteiger partial charge is 0.334 e. The minimum atomic E-state index is -0.287. The first-order valence-electron chi connectivity index (χ1n) is 8.20. The number of amides is 1. The molecule has 4 nitrogen and oxygen atoms in total. The summed E-state index contributed by atoms with van der Waals surface area (Å²) < 4.78 is 13.2. The van der Waals surface area contributed by atoms with E-state index in [0.29, 0.717) is 23.2 Å². The number of aromatic nitrogens is 1. The van der Waals surface area contributed by atoms with Crippen LogP contribution in [0.2, 0.25) is 0 Å². The third kappa shape index (κ3) is 2.70. The molecule has 0 radical (unpaired) electrons. The van der Waals surface area contributed by atoms with Gasteiger partial charge in [-0.1, -0.05) is 13.0 Å². The number of carbonyl (C=O) groups excluding carboxylic acids is 1. The molecule has 0 saturated carbocycles. The van der Waals surface area contributed by atoms with E-state index in [9.17, 15) is 9.18 Å². The number of carbonyl (C=O) groups is 1. The van der Waals surface area contributed by atoms with Gasteiger partial charge < -0.3 is 4.90 Å². The summed E-state index contributed by atoms with van der Waals surface area (Å²) >= 11 is 0. The monoisotopic (exact) mass is 313 g/mol. The fourth-order valence-electron chi connectivity index (χ4n) is 3.86. The van der Waals surface area contributed by atoms with E-state index in [0.717, 1.165) is 38.0 Å². The van der Waals surface area contributed by atoms with Crippen molar-refractivity contribution in [2.24, 2.45) is 5.92 Å². The van der Waals surface area contributed by atoms with Gasteiger partial charge in [0.2, 0.25) is 0 Å². The molecular formula is C18H20FN3O. The minimum Gasteiger partial charge on any atom is -0.334 e. The molecule has 23 heavy (non-hydrogen) atoms. The topological polar surface area (TPSA) is 36.4 Å². The van der Waals surface area contributed by atoms with Gasteiger partial charge in [-0.05, 0) is 36.6 Å². The molecule has 0 bridgehead atoms. The molecule has 4 rings (SSSR count). The van der Waals surface area contributed by atoms with Gasteiger partial charge in [0.25, 0.3) is 5.91 Å². The zero-order valence-electron chi connectivity index (χ0n) is 13.2. The van der Waals surface area contributed by atoms with Crippen LogP contribution in [0.3, 0.4) is 0 Å². The number of pyridine rings is 1. The molecule has 5 heteroatoms. The van der Waals surface area contributed by atoms with Gasteiger partial charge in [-0.2, -0.15) is 0 Å². The van der Waals surface area contributed by atoms with Gasteiger partial charge in [0, 0.05) is 37.6 Å². The van der Waals surface area contributed by atoms with Gasteiger partial charge in [-0.15, -0.1) is 0 Å². The fraction of sp³-hybridized carbons (Fsp3) is 0.444. The van der Waals surface area contributed by atoms with Crippen molar-refractivity contribution in [3.8, 4) is 0 Å². The normalized spacial score (nSPS) is 24.9. The van der Waals surface area contributed by atoms with Gasteiger partial charge in [0.1, 0.15) is 11.5 Å². The lowest BCUT2D eigenvalue weighted by atomic mass is 10.1. The Labute approximate surface area is 134 Å². The average molecular weight is 313 g/mol. The first-order valence-corrected chi connectivity index (χ1v) is 8.20. The summed E-state index contributed by atoms with van der Waals surface area (Å²) in [6.45, 7) is 5.90. The maximum Gasteiger partial charge on any atom is 0.272 e. The summed E-state index contributed by atoms with van der Waals surface area (Å²) in [6.07, 6.45) is 1.16. The first kappa shape index (κ1) is 14.6. The highest BCUT2D eigenvalue weighted by atomic mass is 19.1. The van der Waals surface area contributed by atoms with Crippen molar-refractivity contribution in [2.45, 2.75) is 19.4 Å². The average Bonchev–Trinajstić information content (AvgIpc) is 2.92. The Morgan fingerprint density at radius 1 is 1.22 bits per heavy atom. The lowest BCUT2D eigenvalue weighted by molar-refractivity contribution is 0.0566. The molecule has 2 saturated heterocycles. The number of piperazine rings is 1. The third-order valence-corrected chi connectivity index (χ3v) is 4.98. The summed E-state index contributed by atoms with van der Waals surface area (Å²) in [5.74, 6) is 0.407. The highest BCUT2D eigenvalue weighted by Crippen LogP contribution is 2.26. The van der Waals surface area contributed by atoms with Gasteiger partial charge in [-0.25, -0.2) is 9.37 Å². The van der Waals surface area contributed by atoms with Gasteiger partial charge >= 0.3 is 0 Å². The standard InChI is InChI=1S/C18H20FN3O/c1-12-8-15-11-22(7-6-21(15)10-12)18(23)17-4-2-13-9-14(19)3-5-16(13)20-17/h2-5,9,12,15H,6-8,10-11H2,1H3. The van der Waals surface area contributed by atoms with Crippen LogP contribution in [0.15, 0.2) is 30.3 Å². The Kier molecular flexibility index (Phi) is 3.53. The van der Waals surface area contributed by atoms with Crippen LogP contribution < -0.4 is 0 Å². The van der Waals surface area contributed by atoms with Crippen LogP contribution in [-0.4, -0.2) is 52.9 Å². The lowest BCUT2D eigenvalue weighted by Gasteiger charge is -2.37. The molecule has 120 valence electrons. The number of nitrogens with zero attached hydrogens (tertiary/aromatic N) is 3. The molecule has 2 atom stereocenters. The summed E-state index contributed by atoms with van der Waals surface area (Å²) in [7, 11) is 0. The molecule has 2 aliphatic heterocycles. The number of hydrogen-bond acceptors (Lipinski definition) is 3. The van der Waals surface area contributed by atoms with Crippen molar-refractivity contribution in [3.05, 3.63) is 41.8 Å². The van der Waals surface area contributed by atoms with Gasteiger partial charge in [-0.3, -0.25) is 9.69 Å². The second-order valence-corrected chi connectivity index (χ2v) is 6.77. The van der Waals surface area contributed by atoms with Crippen molar-refractivity contribution in [2.75, 3.05) is 26.2 Å². The quantitative estimate of drug-likeness (QED) is 0.812. The predicted molar refractivity (Wildman–Crippen MR) is 86.7 cm³/mol. The van der Waals surface area contributed by atoms with E-state index in [-0.39, 0.29) is 11.7 Å². The van der Waals surface area contributed by atoms with Crippen LogP contribution in [-0.2, 0) is 0 Å². The fourth-order valence-corrected chi connectivity index (χ4v) is 3.86. The van der Waals surface area contributed by atoms with E-state index in [1.165, 1.54) is 12.1 Å². The van der Waals surface area contributed by atoms with Crippen LogP contribution in [0.25, 0.3) is 10.9 Å². The van der Waals surface area contributed by atoms with Crippen LogP contribution in [0.5, 0.6) is 0 Å². The molecule has 3 heterocycles. The highest BCUT2D eigenvalue weighted by Gasteiger charge is 2.36. The zero-order valence-corrected chi connectivity index (χ0v) is 13.2. The maximum atomic E-state index is 13.2. The number of halogens is 1. The van der Waals surface area contributed by atoms with E-state index in [2.05, 4.69) is 16.8 Å². The van der Waals surface area contributed by atoms with Crippen LogP contribution in [0.1, 0.15) is 23.8 Å². The Morgan fingerprint density at radius 3 is 2.96 bits per heavy atom. The molecule has 0 spiro atoms. The molecule has 2 aliphatic rings. The first-order chi connectivity index (χ1) is 11.1. The predicted octanol–water partition coefficient (Wildman–Crippen LogP) is 2.54. The Balaban J connectivity index is 1.56. The number of fused-ring (bicyclic) bond motifs is 2. The van der Waals surface area contributed by atoms with Crippen molar-refractivity contribution in [1.29, 1.82) is 0 Å². The Morgan fingerprint density at radius 2 is 2.09 bits per heavy atom.